The highest BCUT2D eigenvalue weighted by Gasteiger charge is 2.20. The average Bonchev–Trinajstić information content (AvgIpc) is 2.86. The maximum atomic E-state index is 11.9. The lowest BCUT2D eigenvalue weighted by Crippen LogP contribution is -3.00. The predicted molar refractivity (Wildman–Crippen MR) is 78.0 cm³/mol. The Balaban J connectivity index is 0.00000400. The highest BCUT2D eigenvalue weighted by molar-refractivity contribution is 7.99. The zero-order valence-electron chi connectivity index (χ0n) is 13.1. The number of nitrogens with zero attached hydrogens (tertiary/aromatic N) is 3. The molecule has 21 heavy (non-hydrogen) atoms. The topological polar surface area (TPSA) is 86.9 Å². The van der Waals surface area contributed by atoms with E-state index in [1.807, 2.05) is 13.8 Å². The molecule has 0 radical (unpaired) electrons. The van der Waals surface area contributed by atoms with Gasteiger partial charge in [-0.25, -0.2) is 0 Å². The van der Waals surface area contributed by atoms with Crippen molar-refractivity contribution in [3.63, 3.8) is 0 Å². The lowest BCUT2D eigenvalue weighted by molar-refractivity contribution is -0.435. The Morgan fingerprint density at radius 1 is 1.33 bits per heavy atom. The van der Waals surface area contributed by atoms with Crippen molar-refractivity contribution in [2.45, 2.75) is 45.4 Å². The molecular weight excluding hydrogens is 312 g/mol. The summed E-state index contributed by atoms with van der Waals surface area (Å²) in [5.41, 5.74) is 4.03. The molecular formula is C13H25ClN4O2S. The van der Waals surface area contributed by atoms with Gasteiger partial charge in [-0.3, -0.25) is 4.79 Å². The lowest BCUT2D eigenvalue weighted by atomic mass is 10.1. The van der Waals surface area contributed by atoms with Crippen molar-refractivity contribution in [2.24, 2.45) is 5.92 Å². The summed E-state index contributed by atoms with van der Waals surface area (Å²) in [6.07, 6.45) is 0.907. The molecule has 0 aliphatic carbocycles. The molecule has 0 unspecified atom stereocenters. The largest absolute Gasteiger partial charge is 1.00 e. The van der Waals surface area contributed by atoms with Crippen LogP contribution in [-0.2, 0) is 4.79 Å². The summed E-state index contributed by atoms with van der Waals surface area (Å²) in [5, 5.41) is 8.41. The number of rotatable bonds is 8. The number of halogens is 1. The standard InChI is InChI=1S/C13H24N4O2S.ClH/c1-5-17(6-2)11(18)8-20-13-16-15-12(19-13)10(14)7-9(3)4;/h9-10H,5-8,14H2,1-4H3;1H/t10-;/m0./s1. The Kier molecular flexibility index (Phi) is 9.65. The predicted octanol–water partition coefficient (Wildman–Crippen LogP) is -1.64. The molecule has 6 nitrogen and oxygen atoms in total. The highest BCUT2D eigenvalue weighted by Crippen LogP contribution is 2.21. The Labute approximate surface area is 136 Å². The van der Waals surface area contributed by atoms with Gasteiger partial charge in [-0.05, 0) is 19.8 Å². The molecule has 0 spiro atoms. The van der Waals surface area contributed by atoms with Crippen molar-refractivity contribution in [1.82, 2.24) is 15.1 Å². The fourth-order valence-electron chi connectivity index (χ4n) is 1.90. The summed E-state index contributed by atoms with van der Waals surface area (Å²) in [7, 11) is 0. The Morgan fingerprint density at radius 3 is 2.48 bits per heavy atom. The lowest BCUT2D eigenvalue weighted by Gasteiger charge is -2.17. The van der Waals surface area contributed by atoms with Crippen LogP contribution in [0.5, 0.6) is 0 Å². The molecule has 0 aliphatic rings. The van der Waals surface area contributed by atoms with Gasteiger partial charge in [0.25, 0.3) is 11.1 Å². The molecule has 122 valence electrons. The van der Waals surface area contributed by atoms with E-state index in [1.165, 1.54) is 11.8 Å². The summed E-state index contributed by atoms with van der Waals surface area (Å²) < 4.78 is 5.55. The van der Waals surface area contributed by atoms with E-state index in [0.717, 1.165) is 19.5 Å². The normalized spacial score (nSPS) is 12.1. The fraction of sp³-hybridized carbons (Fsp3) is 0.769. The van der Waals surface area contributed by atoms with Crippen molar-refractivity contribution in [1.29, 1.82) is 0 Å². The molecule has 0 bridgehead atoms. The third kappa shape index (κ3) is 6.67. The number of aromatic nitrogens is 2. The van der Waals surface area contributed by atoms with E-state index >= 15 is 0 Å². The van der Waals surface area contributed by atoms with Gasteiger partial charge in [-0.2, -0.15) is 0 Å². The third-order valence-electron chi connectivity index (χ3n) is 2.96. The molecule has 0 fully saturated rings. The second kappa shape index (κ2) is 10.0. The SMILES string of the molecule is CCN(CC)C(=O)CSc1nnc([C@@H]([NH3+])CC(C)C)o1.[Cl-]. The van der Waals surface area contributed by atoms with Crippen LogP contribution in [0.1, 0.15) is 46.0 Å². The molecule has 3 N–H and O–H groups in total. The summed E-state index contributed by atoms with van der Waals surface area (Å²) >= 11 is 1.29. The average molecular weight is 337 g/mol. The van der Waals surface area contributed by atoms with Crippen molar-refractivity contribution >= 4 is 17.7 Å². The van der Waals surface area contributed by atoms with Gasteiger partial charge >= 0.3 is 0 Å². The number of thioether (sulfide) groups is 1. The summed E-state index contributed by atoms with van der Waals surface area (Å²) in [4.78, 5) is 13.7. The summed E-state index contributed by atoms with van der Waals surface area (Å²) in [5.74, 6) is 1.50. The second-order valence-corrected chi connectivity index (χ2v) is 6.01. The Morgan fingerprint density at radius 2 is 1.95 bits per heavy atom. The van der Waals surface area contributed by atoms with Crippen LogP contribution in [0.4, 0.5) is 0 Å². The van der Waals surface area contributed by atoms with Crippen LogP contribution < -0.4 is 18.1 Å². The van der Waals surface area contributed by atoms with Crippen LogP contribution in [0.3, 0.4) is 0 Å². The number of amides is 1. The first-order valence-corrected chi connectivity index (χ1v) is 8.03. The molecule has 8 heteroatoms. The zero-order chi connectivity index (χ0) is 15.1. The minimum absolute atomic E-state index is 0. The number of quaternary nitrogens is 1. The number of hydrogen-bond acceptors (Lipinski definition) is 5. The molecule has 1 amide bonds. The molecule has 0 aliphatic heterocycles. The minimum Gasteiger partial charge on any atom is -1.00 e. The van der Waals surface area contributed by atoms with Crippen molar-refractivity contribution in [3.05, 3.63) is 5.89 Å². The van der Waals surface area contributed by atoms with Gasteiger partial charge in [-0.15, -0.1) is 10.2 Å². The van der Waals surface area contributed by atoms with E-state index in [1.54, 1.807) is 4.90 Å². The van der Waals surface area contributed by atoms with E-state index in [0.29, 0.717) is 22.8 Å². The molecule has 0 aromatic carbocycles. The smallest absolute Gasteiger partial charge is 0.277 e. The summed E-state index contributed by atoms with van der Waals surface area (Å²) in [6, 6.07) is 0.00957. The molecule has 1 aromatic rings. The number of carbonyl (C=O) groups is 1. The van der Waals surface area contributed by atoms with Gasteiger partial charge < -0.3 is 27.5 Å². The Bertz CT molecular complexity index is 424. The third-order valence-corrected chi connectivity index (χ3v) is 3.77. The first-order chi connectivity index (χ1) is 9.47. The fourth-order valence-corrected chi connectivity index (χ4v) is 2.58. The molecule has 0 saturated carbocycles. The Hall–Kier alpha value is -0.790. The number of carbonyl (C=O) groups excluding carboxylic acids is 1. The van der Waals surface area contributed by atoms with Crippen molar-refractivity contribution in [3.8, 4) is 0 Å². The van der Waals surface area contributed by atoms with E-state index in [4.69, 9.17) is 4.42 Å². The van der Waals surface area contributed by atoms with Crippen LogP contribution in [-0.4, -0.2) is 39.8 Å². The van der Waals surface area contributed by atoms with Crippen LogP contribution in [0.25, 0.3) is 0 Å². The van der Waals surface area contributed by atoms with E-state index < -0.39 is 0 Å². The van der Waals surface area contributed by atoms with E-state index in [9.17, 15) is 4.79 Å². The van der Waals surface area contributed by atoms with Crippen LogP contribution in [0, 0.1) is 5.92 Å². The van der Waals surface area contributed by atoms with Gasteiger partial charge in [0.05, 0.1) is 5.75 Å². The molecule has 1 heterocycles. The number of hydrogen-bond donors (Lipinski definition) is 1. The molecule has 1 aromatic heterocycles. The van der Waals surface area contributed by atoms with E-state index in [2.05, 4.69) is 29.8 Å². The van der Waals surface area contributed by atoms with Gasteiger partial charge in [-0.1, -0.05) is 25.6 Å². The quantitative estimate of drug-likeness (QED) is 0.576. The maximum absolute atomic E-state index is 11.9. The summed E-state index contributed by atoms with van der Waals surface area (Å²) in [6.45, 7) is 9.65. The second-order valence-electron chi connectivity index (χ2n) is 5.09. The highest BCUT2D eigenvalue weighted by atomic mass is 35.5. The first-order valence-electron chi connectivity index (χ1n) is 7.04. The van der Waals surface area contributed by atoms with Crippen LogP contribution >= 0.6 is 11.8 Å². The minimum atomic E-state index is 0. The molecule has 1 atom stereocenters. The first kappa shape index (κ1) is 20.2. The van der Waals surface area contributed by atoms with E-state index in [-0.39, 0.29) is 24.4 Å². The monoisotopic (exact) mass is 336 g/mol. The van der Waals surface area contributed by atoms with Gasteiger partial charge in [0, 0.05) is 19.5 Å². The van der Waals surface area contributed by atoms with Crippen LogP contribution in [0.2, 0.25) is 0 Å². The molecule has 1 rings (SSSR count). The maximum Gasteiger partial charge on any atom is 0.277 e. The van der Waals surface area contributed by atoms with Gasteiger partial charge in [0.15, 0.2) is 6.04 Å². The van der Waals surface area contributed by atoms with Gasteiger partial charge in [0.1, 0.15) is 0 Å². The molecule has 0 saturated heterocycles. The zero-order valence-corrected chi connectivity index (χ0v) is 14.7. The van der Waals surface area contributed by atoms with Crippen LogP contribution in [0.15, 0.2) is 9.64 Å². The van der Waals surface area contributed by atoms with Gasteiger partial charge in [0.2, 0.25) is 5.91 Å². The van der Waals surface area contributed by atoms with Crippen molar-refractivity contribution in [2.75, 3.05) is 18.8 Å². The van der Waals surface area contributed by atoms with Crippen molar-refractivity contribution < 1.29 is 27.4 Å².